The first-order chi connectivity index (χ1) is 15.5. The van der Waals surface area contributed by atoms with Gasteiger partial charge in [-0.15, -0.1) is 0 Å². The highest BCUT2D eigenvalue weighted by atomic mass is 16.5. The number of nitrogens with zero attached hydrogens (tertiary/aromatic N) is 3. The van der Waals surface area contributed by atoms with Crippen LogP contribution in [-0.2, 0) is 11.3 Å². The van der Waals surface area contributed by atoms with Crippen LogP contribution in [0.15, 0.2) is 65.4 Å². The second-order valence-electron chi connectivity index (χ2n) is 7.36. The van der Waals surface area contributed by atoms with Crippen molar-refractivity contribution in [3.05, 3.63) is 72.4 Å². The Kier molecular flexibility index (Phi) is 6.25. The Morgan fingerprint density at radius 1 is 0.938 bits per heavy atom. The lowest BCUT2D eigenvalue weighted by atomic mass is 10.2. The standard InChI is InChI=1S/C23H24N4O5/c1-31-18-8-6-17(7-9-18)24-21(28)16-27-10-2-4-19(27)22(29)25-11-13-26(14-12-25)23(30)20-5-3-15-32-20/h2-10,15H,11-14,16H2,1H3,(H,24,28). The van der Waals surface area contributed by atoms with Gasteiger partial charge >= 0.3 is 0 Å². The zero-order valence-electron chi connectivity index (χ0n) is 17.7. The number of hydrogen-bond acceptors (Lipinski definition) is 5. The molecular formula is C23H24N4O5. The number of benzene rings is 1. The van der Waals surface area contributed by atoms with Crippen LogP contribution in [0.1, 0.15) is 21.0 Å². The molecule has 0 atom stereocenters. The molecule has 166 valence electrons. The molecule has 1 saturated heterocycles. The van der Waals surface area contributed by atoms with Gasteiger partial charge in [-0.25, -0.2) is 0 Å². The van der Waals surface area contributed by atoms with Crippen molar-refractivity contribution in [2.75, 3.05) is 38.6 Å². The number of furan rings is 1. The predicted octanol–water partition coefficient (Wildman–Crippen LogP) is 2.33. The number of carbonyl (C=O) groups excluding carboxylic acids is 3. The average molecular weight is 436 g/mol. The molecule has 0 saturated carbocycles. The quantitative estimate of drug-likeness (QED) is 0.640. The van der Waals surface area contributed by atoms with Crippen molar-refractivity contribution in [1.29, 1.82) is 0 Å². The average Bonchev–Trinajstić information content (AvgIpc) is 3.51. The van der Waals surface area contributed by atoms with E-state index in [2.05, 4.69) is 5.32 Å². The molecule has 9 nitrogen and oxygen atoms in total. The van der Waals surface area contributed by atoms with Gasteiger partial charge in [0.25, 0.3) is 11.8 Å². The highest BCUT2D eigenvalue weighted by Crippen LogP contribution is 2.16. The fraction of sp³-hybridized carbons (Fsp3) is 0.261. The maximum absolute atomic E-state index is 13.0. The van der Waals surface area contributed by atoms with Crippen molar-refractivity contribution in [1.82, 2.24) is 14.4 Å². The van der Waals surface area contributed by atoms with E-state index in [4.69, 9.17) is 9.15 Å². The van der Waals surface area contributed by atoms with Crippen LogP contribution in [0.2, 0.25) is 0 Å². The molecule has 0 bridgehead atoms. The number of piperazine rings is 1. The molecular weight excluding hydrogens is 412 g/mol. The molecule has 32 heavy (non-hydrogen) atoms. The van der Waals surface area contributed by atoms with Gasteiger partial charge in [-0.3, -0.25) is 14.4 Å². The Labute approximate surface area is 185 Å². The van der Waals surface area contributed by atoms with E-state index in [1.165, 1.54) is 6.26 Å². The summed E-state index contributed by atoms with van der Waals surface area (Å²) in [5.41, 5.74) is 1.08. The first-order valence-electron chi connectivity index (χ1n) is 10.3. The zero-order valence-corrected chi connectivity index (χ0v) is 17.7. The van der Waals surface area contributed by atoms with Crippen molar-refractivity contribution in [2.24, 2.45) is 0 Å². The summed E-state index contributed by atoms with van der Waals surface area (Å²) in [4.78, 5) is 41.3. The largest absolute Gasteiger partial charge is 0.497 e. The number of methoxy groups -OCH3 is 1. The normalized spacial score (nSPS) is 13.7. The molecule has 3 amide bonds. The van der Waals surface area contributed by atoms with Crippen molar-refractivity contribution < 1.29 is 23.5 Å². The Balaban J connectivity index is 1.34. The van der Waals surface area contributed by atoms with E-state index < -0.39 is 0 Å². The molecule has 3 heterocycles. The molecule has 1 aromatic carbocycles. The fourth-order valence-electron chi connectivity index (χ4n) is 3.61. The summed E-state index contributed by atoms with van der Waals surface area (Å²) in [5, 5.41) is 2.82. The summed E-state index contributed by atoms with van der Waals surface area (Å²) in [7, 11) is 1.58. The summed E-state index contributed by atoms with van der Waals surface area (Å²) in [6, 6.07) is 13.8. The van der Waals surface area contributed by atoms with E-state index in [1.807, 2.05) is 0 Å². The van der Waals surface area contributed by atoms with E-state index in [1.54, 1.807) is 76.2 Å². The zero-order chi connectivity index (χ0) is 22.5. The topological polar surface area (TPSA) is 97.0 Å². The molecule has 1 fully saturated rings. The second-order valence-corrected chi connectivity index (χ2v) is 7.36. The molecule has 9 heteroatoms. The molecule has 3 aromatic rings. The SMILES string of the molecule is COc1ccc(NC(=O)Cn2cccc2C(=O)N2CCN(C(=O)c3ccco3)CC2)cc1. The fourth-order valence-corrected chi connectivity index (χ4v) is 3.61. The van der Waals surface area contributed by atoms with Crippen molar-refractivity contribution in [3.63, 3.8) is 0 Å². The van der Waals surface area contributed by atoms with E-state index in [-0.39, 0.29) is 24.3 Å². The van der Waals surface area contributed by atoms with Crippen LogP contribution in [0, 0.1) is 0 Å². The summed E-state index contributed by atoms with van der Waals surface area (Å²) in [6.45, 7) is 1.67. The van der Waals surface area contributed by atoms with E-state index in [9.17, 15) is 14.4 Å². The van der Waals surface area contributed by atoms with E-state index in [0.717, 1.165) is 0 Å². The first-order valence-corrected chi connectivity index (χ1v) is 10.3. The maximum Gasteiger partial charge on any atom is 0.289 e. The minimum Gasteiger partial charge on any atom is -0.497 e. The van der Waals surface area contributed by atoms with Crippen LogP contribution in [0.5, 0.6) is 5.75 Å². The Bertz CT molecular complexity index is 1080. The van der Waals surface area contributed by atoms with Crippen molar-refractivity contribution >= 4 is 23.4 Å². The minimum atomic E-state index is -0.241. The summed E-state index contributed by atoms with van der Waals surface area (Å²) < 4.78 is 11.9. The Hall–Kier alpha value is -4.01. The number of nitrogens with one attached hydrogen (secondary N) is 1. The summed E-state index contributed by atoms with van der Waals surface area (Å²) in [5.74, 6) is 0.404. The van der Waals surface area contributed by atoms with E-state index in [0.29, 0.717) is 49.1 Å². The lowest BCUT2D eigenvalue weighted by Crippen LogP contribution is -2.50. The number of hydrogen-bond donors (Lipinski definition) is 1. The van der Waals surface area contributed by atoms with Gasteiger partial charge in [0, 0.05) is 38.1 Å². The molecule has 4 rings (SSSR count). The Morgan fingerprint density at radius 2 is 1.62 bits per heavy atom. The summed E-state index contributed by atoms with van der Waals surface area (Å²) >= 11 is 0. The number of ether oxygens (including phenoxy) is 1. The van der Waals surface area contributed by atoms with Crippen LogP contribution < -0.4 is 10.1 Å². The van der Waals surface area contributed by atoms with Crippen molar-refractivity contribution in [3.8, 4) is 5.75 Å². The number of amides is 3. The molecule has 0 aliphatic carbocycles. The number of carbonyl (C=O) groups is 3. The molecule has 0 unspecified atom stereocenters. The van der Waals surface area contributed by atoms with Gasteiger partial charge in [0.05, 0.1) is 13.4 Å². The maximum atomic E-state index is 13.0. The predicted molar refractivity (Wildman–Crippen MR) is 117 cm³/mol. The van der Waals surface area contributed by atoms with Crippen LogP contribution in [0.4, 0.5) is 5.69 Å². The van der Waals surface area contributed by atoms with E-state index >= 15 is 0 Å². The third-order valence-electron chi connectivity index (χ3n) is 5.32. The highest BCUT2D eigenvalue weighted by Gasteiger charge is 2.27. The smallest absolute Gasteiger partial charge is 0.289 e. The summed E-state index contributed by atoms with van der Waals surface area (Å²) in [6.07, 6.45) is 3.17. The molecule has 0 radical (unpaired) electrons. The lowest BCUT2D eigenvalue weighted by molar-refractivity contribution is -0.116. The molecule has 1 N–H and O–H groups in total. The van der Waals surface area contributed by atoms with Gasteiger partial charge in [-0.1, -0.05) is 0 Å². The molecule has 1 aliphatic rings. The van der Waals surface area contributed by atoms with Crippen LogP contribution in [0.25, 0.3) is 0 Å². The van der Waals surface area contributed by atoms with Gasteiger partial charge in [0.15, 0.2) is 5.76 Å². The third kappa shape index (κ3) is 4.66. The second kappa shape index (κ2) is 9.42. The molecule has 1 aliphatic heterocycles. The van der Waals surface area contributed by atoms with Gasteiger partial charge in [-0.2, -0.15) is 0 Å². The van der Waals surface area contributed by atoms with Gasteiger partial charge < -0.3 is 28.8 Å². The third-order valence-corrected chi connectivity index (χ3v) is 5.32. The number of anilines is 1. The van der Waals surface area contributed by atoms with Crippen LogP contribution in [-0.4, -0.2) is 65.4 Å². The molecule has 2 aromatic heterocycles. The lowest BCUT2D eigenvalue weighted by Gasteiger charge is -2.34. The minimum absolute atomic E-state index is 0.0110. The monoisotopic (exact) mass is 436 g/mol. The van der Waals surface area contributed by atoms with Crippen LogP contribution >= 0.6 is 0 Å². The van der Waals surface area contributed by atoms with Gasteiger partial charge in [0.1, 0.15) is 18.0 Å². The highest BCUT2D eigenvalue weighted by molar-refractivity contribution is 5.95. The Morgan fingerprint density at radius 3 is 2.25 bits per heavy atom. The van der Waals surface area contributed by atoms with Crippen molar-refractivity contribution in [2.45, 2.75) is 6.54 Å². The number of rotatable bonds is 6. The van der Waals surface area contributed by atoms with Gasteiger partial charge in [-0.05, 0) is 48.5 Å². The number of aromatic nitrogens is 1. The molecule has 0 spiro atoms. The van der Waals surface area contributed by atoms with Crippen LogP contribution in [0.3, 0.4) is 0 Å². The first kappa shape index (κ1) is 21.2. The van der Waals surface area contributed by atoms with Gasteiger partial charge in [0.2, 0.25) is 5.91 Å².